The molecule has 0 amide bonds. The van der Waals surface area contributed by atoms with Crippen LogP contribution in [0.1, 0.15) is 29.7 Å². The SMILES string of the molecule is Cc1cc2nc3c(=O)[nH]c(=O)nc-3n(CCNC(C)c3ccc(Cl)cc3)c2cc1C. The quantitative estimate of drug-likeness (QED) is 0.481. The number of H-pyrrole nitrogens is 1. The third-order valence-electron chi connectivity index (χ3n) is 5.38. The second-order valence-corrected chi connectivity index (χ2v) is 7.90. The van der Waals surface area contributed by atoms with Crippen LogP contribution in [0.2, 0.25) is 5.02 Å². The summed E-state index contributed by atoms with van der Waals surface area (Å²) in [7, 11) is 0. The van der Waals surface area contributed by atoms with Crippen molar-refractivity contribution < 1.29 is 0 Å². The van der Waals surface area contributed by atoms with E-state index in [4.69, 9.17) is 11.6 Å². The highest BCUT2D eigenvalue weighted by Gasteiger charge is 2.19. The number of halogens is 1. The van der Waals surface area contributed by atoms with E-state index in [1.165, 1.54) is 0 Å². The van der Waals surface area contributed by atoms with E-state index in [-0.39, 0.29) is 11.7 Å². The number of nitrogens with zero attached hydrogens (tertiary/aromatic N) is 3. The molecule has 154 valence electrons. The minimum atomic E-state index is -0.672. The average Bonchev–Trinajstić information content (AvgIpc) is 2.70. The van der Waals surface area contributed by atoms with Crippen LogP contribution in [-0.4, -0.2) is 26.1 Å². The lowest BCUT2D eigenvalue weighted by atomic mass is 10.1. The van der Waals surface area contributed by atoms with Crippen LogP contribution in [0.3, 0.4) is 0 Å². The topological polar surface area (TPSA) is 92.7 Å². The predicted molar refractivity (Wildman–Crippen MR) is 118 cm³/mol. The van der Waals surface area contributed by atoms with E-state index in [1.807, 2.05) is 54.8 Å². The van der Waals surface area contributed by atoms with E-state index in [0.717, 1.165) is 22.2 Å². The van der Waals surface area contributed by atoms with Crippen molar-refractivity contribution in [2.24, 2.45) is 0 Å². The predicted octanol–water partition coefficient (Wildman–Crippen LogP) is 3.21. The van der Waals surface area contributed by atoms with Crippen LogP contribution in [0, 0.1) is 13.8 Å². The van der Waals surface area contributed by atoms with Gasteiger partial charge in [0, 0.05) is 24.2 Å². The fourth-order valence-corrected chi connectivity index (χ4v) is 3.66. The molecule has 2 aromatic carbocycles. The first-order valence-electron chi connectivity index (χ1n) is 9.74. The second kappa shape index (κ2) is 8.01. The Labute approximate surface area is 178 Å². The molecule has 0 saturated heterocycles. The molecule has 2 aromatic rings. The first kappa shape index (κ1) is 20.3. The molecule has 2 aliphatic rings. The fourth-order valence-electron chi connectivity index (χ4n) is 3.54. The van der Waals surface area contributed by atoms with Gasteiger partial charge in [0.05, 0.1) is 11.0 Å². The minimum Gasteiger partial charge on any atom is -0.321 e. The molecule has 2 heterocycles. The summed E-state index contributed by atoms with van der Waals surface area (Å²) in [6.07, 6.45) is 0. The van der Waals surface area contributed by atoms with Crippen LogP contribution in [-0.2, 0) is 6.54 Å². The van der Waals surface area contributed by atoms with E-state index in [1.54, 1.807) is 0 Å². The molecule has 0 fully saturated rings. The van der Waals surface area contributed by atoms with Gasteiger partial charge in [0.1, 0.15) is 0 Å². The monoisotopic (exact) mass is 423 g/mol. The number of hydrogen-bond donors (Lipinski definition) is 2. The molecule has 0 aromatic heterocycles. The normalized spacial score (nSPS) is 12.5. The van der Waals surface area contributed by atoms with Crippen LogP contribution < -0.4 is 16.6 Å². The lowest BCUT2D eigenvalue weighted by molar-refractivity contribution is 0.534. The maximum atomic E-state index is 12.3. The molecule has 4 rings (SSSR count). The van der Waals surface area contributed by atoms with Crippen molar-refractivity contribution in [1.29, 1.82) is 0 Å². The highest BCUT2D eigenvalue weighted by Crippen LogP contribution is 2.23. The van der Waals surface area contributed by atoms with Crippen LogP contribution >= 0.6 is 11.6 Å². The van der Waals surface area contributed by atoms with Gasteiger partial charge in [-0.15, -0.1) is 0 Å². The number of aromatic amines is 1. The van der Waals surface area contributed by atoms with Crippen molar-refractivity contribution in [3.63, 3.8) is 0 Å². The summed E-state index contributed by atoms with van der Waals surface area (Å²) in [6.45, 7) is 7.23. The van der Waals surface area contributed by atoms with Gasteiger partial charge in [0.15, 0.2) is 11.5 Å². The number of benzene rings is 2. The average molecular weight is 424 g/mol. The maximum Gasteiger partial charge on any atom is 0.349 e. The summed E-state index contributed by atoms with van der Waals surface area (Å²) in [4.78, 5) is 35.0. The molecule has 1 atom stereocenters. The Hall–Kier alpha value is -3.03. The molecule has 0 spiro atoms. The summed E-state index contributed by atoms with van der Waals surface area (Å²) < 4.78 is 1.89. The Bertz CT molecular complexity index is 1310. The van der Waals surface area contributed by atoms with Gasteiger partial charge in [-0.1, -0.05) is 23.7 Å². The zero-order chi connectivity index (χ0) is 21.4. The van der Waals surface area contributed by atoms with Crippen LogP contribution in [0.25, 0.3) is 22.6 Å². The van der Waals surface area contributed by atoms with E-state index >= 15 is 0 Å². The zero-order valence-electron chi connectivity index (χ0n) is 17.0. The van der Waals surface area contributed by atoms with Crippen molar-refractivity contribution in [3.05, 3.63) is 78.9 Å². The third kappa shape index (κ3) is 3.86. The summed E-state index contributed by atoms with van der Waals surface area (Å²) >= 11 is 5.97. The van der Waals surface area contributed by atoms with Gasteiger partial charge in [0.2, 0.25) is 0 Å². The van der Waals surface area contributed by atoms with Gasteiger partial charge in [-0.05, 0) is 61.7 Å². The third-order valence-corrected chi connectivity index (χ3v) is 5.63. The first-order valence-corrected chi connectivity index (χ1v) is 10.1. The van der Waals surface area contributed by atoms with Crippen molar-refractivity contribution >= 4 is 22.6 Å². The smallest absolute Gasteiger partial charge is 0.321 e. The number of rotatable bonds is 5. The summed E-state index contributed by atoms with van der Waals surface area (Å²) in [6, 6.07) is 11.8. The van der Waals surface area contributed by atoms with Crippen LogP contribution in [0.5, 0.6) is 0 Å². The van der Waals surface area contributed by atoms with E-state index in [9.17, 15) is 9.59 Å². The van der Waals surface area contributed by atoms with E-state index in [2.05, 4.69) is 27.2 Å². The van der Waals surface area contributed by atoms with E-state index < -0.39 is 11.2 Å². The van der Waals surface area contributed by atoms with Gasteiger partial charge in [-0.25, -0.2) is 9.78 Å². The second-order valence-electron chi connectivity index (χ2n) is 7.46. The highest BCUT2D eigenvalue weighted by atomic mass is 35.5. The number of aryl methyl sites for hydroxylation is 2. The lowest BCUT2D eigenvalue weighted by Crippen LogP contribution is -2.30. The molecule has 0 bridgehead atoms. The fraction of sp³-hybridized carbons (Fsp3) is 0.273. The molecule has 1 unspecified atom stereocenters. The molecular weight excluding hydrogens is 402 g/mol. The molecular formula is C22H22ClN5O2. The Kier molecular flexibility index (Phi) is 5.40. The standard InChI is InChI=1S/C22H22ClN5O2/c1-12-10-17-18(11-13(12)2)28(20-19(25-17)21(29)27-22(30)26-20)9-8-24-14(3)15-4-6-16(23)7-5-15/h4-7,10-11,14,24H,8-9H2,1-3H3,(H,27,29,30). The van der Waals surface area contributed by atoms with Gasteiger partial charge in [-0.2, -0.15) is 4.98 Å². The van der Waals surface area contributed by atoms with Crippen molar-refractivity contribution in [2.75, 3.05) is 6.54 Å². The largest absolute Gasteiger partial charge is 0.349 e. The minimum absolute atomic E-state index is 0.109. The molecule has 2 N–H and O–H groups in total. The van der Waals surface area contributed by atoms with Crippen molar-refractivity contribution in [1.82, 2.24) is 24.8 Å². The lowest BCUT2D eigenvalue weighted by Gasteiger charge is -2.20. The first-order chi connectivity index (χ1) is 14.3. The number of aromatic nitrogens is 4. The molecule has 7 nitrogen and oxygen atoms in total. The van der Waals surface area contributed by atoms with Crippen LogP contribution in [0.4, 0.5) is 0 Å². The van der Waals surface area contributed by atoms with Gasteiger partial charge in [-0.3, -0.25) is 9.78 Å². The summed E-state index contributed by atoms with van der Waals surface area (Å²) in [5, 5.41) is 4.18. The highest BCUT2D eigenvalue weighted by molar-refractivity contribution is 6.30. The molecule has 30 heavy (non-hydrogen) atoms. The van der Waals surface area contributed by atoms with Gasteiger partial charge >= 0.3 is 5.69 Å². The van der Waals surface area contributed by atoms with Gasteiger partial charge in [0.25, 0.3) is 5.56 Å². The maximum absolute atomic E-state index is 12.3. The van der Waals surface area contributed by atoms with E-state index in [0.29, 0.717) is 29.5 Å². The molecule has 0 saturated carbocycles. The Balaban J connectivity index is 1.72. The summed E-state index contributed by atoms with van der Waals surface area (Å²) in [5.41, 5.74) is 3.81. The van der Waals surface area contributed by atoms with Gasteiger partial charge < -0.3 is 9.88 Å². The molecule has 2 aliphatic heterocycles. The molecule has 0 aliphatic carbocycles. The number of fused-ring (bicyclic) bond motifs is 2. The summed E-state index contributed by atoms with van der Waals surface area (Å²) in [5.74, 6) is 0.292. The molecule has 8 heteroatoms. The van der Waals surface area contributed by atoms with Crippen molar-refractivity contribution in [3.8, 4) is 11.5 Å². The molecule has 0 radical (unpaired) electrons. The zero-order valence-corrected chi connectivity index (χ0v) is 17.7. The number of hydrogen-bond acceptors (Lipinski definition) is 5. The number of nitrogens with one attached hydrogen (secondary N) is 2. The van der Waals surface area contributed by atoms with Crippen molar-refractivity contribution in [2.45, 2.75) is 33.4 Å². The Morgan fingerprint density at radius 2 is 1.80 bits per heavy atom. The Morgan fingerprint density at radius 1 is 1.10 bits per heavy atom. The Morgan fingerprint density at radius 3 is 2.53 bits per heavy atom. The van der Waals surface area contributed by atoms with Crippen LogP contribution in [0.15, 0.2) is 46.0 Å².